The smallest absolute Gasteiger partial charge is 0.266 e. The number of hydrogen-bond donors (Lipinski definition) is 0. The monoisotopic (exact) mass is 397 g/mol. The largest absolute Gasteiger partial charge is 0.546 e. The highest BCUT2D eigenvalue weighted by Crippen LogP contribution is 2.38. The maximum atomic E-state index is 12.5. The Bertz CT molecular complexity index is 779. The summed E-state index contributed by atoms with van der Waals surface area (Å²) < 4.78 is 10.3. The van der Waals surface area contributed by atoms with Gasteiger partial charge in [0.25, 0.3) is 5.91 Å². The number of methoxy groups -OCH3 is 1. The topological polar surface area (TPSA) is 91.3 Å². The summed E-state index contributed by atoms with van der Waals surface area (Å²) in [6, 6.07) is 3.18. The fourth-order valence-corrected chi connectivity index (χ4v) is 3.66. The molecular formula is C17H18ClN2O5S-. The van der Waals surface area contributed by atoms with Gasteiger partial charge in [0.15, 0.2) is 16.7 Å². The van der Waals surface area contributed by atoms with Gasteiger partial charge in [0, 0.05) is 13.1 Å². The lowest BCUT2D eigenvalue weighted by Crippen LogP contribution is -2.29. The summed E-state index contributed by atoms with van der Waals surface area (Å²) in [5.74, 6) is -1.13. The number of ether oxygens (including phenoxy) is 2. The van der Waals surface area contributed by atoms with Gasteiger partial charge in [-0.15, -0.1) is 0 Å². The van der Waals surface area contributed by atoms with E-state index < -0.39 is 12.6 Å². The number of halogens is 1. The van der Waals surface area contributed by atoms with Crippen molar-refractivity contribution in [2.45, 2.75) is 13.8 Å². The molecule has 9 heteroatoms. The van der Waals surface area contributed by atoms with E-state index in [1.54, 1.807) is 23.1 Å². The van der Waals surface area contributed by atoms with E-state index in [0.717, 1.165) is 0 Å². The van der Waals surface area contributed by atoms with E-state index in [9.17, 15) is 14.7 Å². The lowest BCUT2D eigenvalue weighted by Gasteiger charge is -2.13. The van der Waals surface area contributed by atoms with E-state index in [4.69, 9.17) is 21.1 Å². The molecule has 2 rings (SSSR count). The minimum Gasteiger partial charge on any atom is -0.546 e. The van der Waals surface area contributed by atoms with Gasteiger partial charge in [-0.3, -0.25) is 14.7 Å². The number of amidine groups is 1. The van der Waals surface area contributed by atoms with Crippen LogP contribution in [0.2, 0.25) is 5.02 Å². The predicted molar refractivity (Wildman–Crippen MR) is 99.4 cm³/mol. The summed E-state index contributed by atoms with van der Waals surface area (Å²) in [6.07, 6.45) is 1.69. The molecule has 0 saturated carbocycles. The molecule has 0 unspecified atom stereocenters. The summed E-state index contributed by atoms with van der Waals surface area (Å²) in [5.41, 5.74) is 0.623. The van der Waals surface area contributed by atoms with E-state index in [2.05, 4.69) is 4.99 Å². The average molecular weight is 398 g/mol. The van der Waals surface area contributed by atoms with Crippen molar-refractivity contribution in [1.29, 1.82) is 0 Å². The van der Waals surface area contributed by atoms with Crippen molar-refractivity contribution in [3.05, 3.63) is 27.6 Å². The highest BCUT2D eigenvalue weighted by Gasteiger charge is 2.31. The fraction of sp³-hybridized carbons (Fsp3) is 0.353. The summed E-state index contributed by atoms with van der Waals surface area (Å²) in [7, 11) is 1.41. The van der Waals surface area contributed by atoms with Crippen LogP contribution in [0.4, 0.5) is 0 Å². The van der Waals surface area contributed by atoms with E-state index in [0.29, 0.717) is 28.7 Å². The molecular weight excluding hydrogens is 380 g/mol. The predicted octanol–water partition coefficient (Wildman–Crippen LogP) is 1.79. The number of likely N-dealkylation sites (N-methyl/N-ethyl adjacent to an activating group) is 1. The summed E-state index contributed by atoms with van der Waals surface area (Å²) >= 11 is 7.47. The molecule has 0 aromatic heterocycles. The second-order valence-electron chi connectivity index (χ2n) is 5.11. The minimum atomic E-state index is -1.37. The Kier molecular flexibility index (Phi) is 6.93. The zero-order chi connectivity index (χ0) is 19.3. The van der Waals surface area contributed by atoms with Crippen LogP contribution in [0.3, 0.4) is 0 Å². The molecule has 7 nitrogen and oxygen atoms in total. The normalized spacial score (nSPS) is 17.2. The summed E-state index contributed by atoms with van der Waals surface area (Å²) in [4.78, 5) is 29.5. The molecule has 1 aromatic rings. The molecule has 140 valence electrons. The maximum Gasteiger partial charge on any atom is 0.266 e. The number of nitrogens with zero attached hydrogens (tertiary/aromatic N) is 2. The second kappa shape index (κ2) is 8.95. The molecule has 26 heavy (non-hydrogen) atoms. The van der Waals surface area contributed by atoms with Crippen LogP contribution in [-0.4, -0.2) is 48.8 Å². The van der Waals surface area contributed by atoms with E-state index in [1.807, 2.05) is 13.8 Å². The standard InChI is InChI=1S/C17H19ClN2O5S/c1-4-19-17-20(5-2)16(23)13(26-17)8-10-6-11(18)15(12(7-10)24-3)25-9-14(21)22/h6-8H,4-5,9H2,1-3H3,(H,21,22)/p-1/b13-8+,19-17?. The molecule has 1 fully saturated rings. The third kappa shape index (κ3) is 4.50. The van der Waals surface area contributed by atoms with Crippen LogP contribution in [0.5, 0.6) is 11.5 Å². The molecule has 0 atom stereocenters. The van der Waals surface area contributed by atoms with E-state index in [-0.39, 0.29) is 22.4 Å². The van der Waals surface area contributed by atoms with Crippen molar-refractivity contribution >= 4 is 46.5 Å². The molecule has 0 bridgehead atoms. The number of aliphatic imine (C=N–C) groups is 1. The van der Waals surface area contributed by atoms with Crippen molar-refractivity contribution in [1.82, 2.24) is 4.90 Å². The number of hydrogen-bond acceptors (Lipinski definition) is 7. The number of carboxylic acids is 1. The third-order valence-corrected chi connectivity index (χ3v) is 4.71. The lowest BCUT2D eigenvalue weighted by atomic mass is 10.1. The number of carbonyl (C=O) groups is 2. The molecule has 1 aliphatic heterocycles. The molecule has 0 radical (unpaired) electrons. The first-order valence-corrected chi connectivity index (χ1v) is 9.06. The van der Waals surface area contributed by atoms with Gasteiger partial charge in [0.2, 0.25) is 0 Å². The van der Waals surface area contributed by atoms with Crippen LogP contribution < -0.4 is 14.6 Å². The van der Waals surface area contributed by atoms with Gasteiger partial charge < -0.3 is 19.4 Å². The lowest BCUT2D eigenvalue weighted by molar-refractivity contribution is -0.307. The average Bonchev–Trinajstić information content (AvgIpc) is 2.88. The summed E-state index contributed by atoms with van der Waals surface area (Å²) in [5, 5.41) is 11.4. The van der Waals surface area contributed by atoms with E-state index >= 15 is 0 Å². The highest BCUT2D eigenvalue weighted by molar-refractivity contribution is 8.18. The first-order chi connectivity index (χ1) is 12.4. The summed E-state index contributed by atoms with van der Waals surface area (Å²) in [6.45, 7) is 4.26. The quantitative estimate of drug-likeness (QED) is 0.651. The number of carbonyl (C=O) groups excluding carboxylic acids is 2. The molecule has 1 heterocycles. The van der Waals surface area contributed by atoms with Crippen molar-refractivity contribution in [3.8, 4) is 11.5 Å². The van der Waals surface area contributed by atoms with Crippen molar-refractivity contribution < 1.29 is 24.2 Å². The van der Waals surface area contributed by atoms with Crippen LogP contribution in [0, 0.1) is 0 Å². The van der Waals surface area contributed by atoms with Crippen molar-refractivity contribution in [3.63, 3.8) is 0 Å². The molecule has 1 amide bonds. The van der Waals surface area contributed by atoms with Crippen molar-refractivity contribution in [2.24, 2.45) is 4.99 Å². The minimum absolute atomic E-state index is 0.106. The number of carboxylic acid groups (broad SMARTS) is 1. The van der Waals surface area contributed by atoms with Gasteiger partial charge in [-0.25, -0.2) is 0 Å². The van der Waals surface area contributed by atoms with Crippen LogP contribution in [0.15, 0.2) is 22.0 Å². The zero-order valence-corrected chi connectivity index (χ0v) is 16.1. The first kappa shape index (κ1) is 20.1. The van der Waals surface area contributed by atoms with Crippen LogP contribution >= 0.6 is 23.4 Å². The van der Waals surface area contributed by atoms with Gasteiger partial charge in [-0.2, -0.15) is 0 Å². The first-order valence-electron chi connectivity index (χ1n) is 7.87. The second-order valence-corrected chi connectivity index (χ2v) is 6.53. The van der Waals surface area contributed by atoms with Gasteiger partial charge >= 0.3 is 0 Å². The van der Waals surface area contributed by atoms with E-state index in [1.165, 1.54) is 18.9 Å². The Morgan fingerprint density at radius 3 is 2.73 bits per heavy atom. The Morgan fingerprint density at radius 1 is 1.42 bits per heavy atom. The van der Waals surface area contributed by atoms with Gasteiger partial charge in [0.1, 0.15) is 6.61 Å². The SMILES string of the molecule is CCN=C1S/C(=C/c2cc(Cl)c(OCC(=O)[O-])c(OC)c2)C(=O)N1CC. The molecule has 1 saturated heterocycles. The zero-order valence-electron chi connectivity index (χ0n) is 14.6. The van der Waals surface area contributed by atoms with Gasteiger partial charge in [0.05, 0.1) is 23.0 Å². The number of thioether (sulfide) groups is 1. The Morgan fingerprint density at radius 2 is 2.15 bits per heavy atom. The van der Waals surface area contributed by atoms with Crippen LogP contribution in [0.1, 0.15) is 19.4 Å². The molecule has 0 spiro atoms. The van der Waals surface area contributed by atoms with Gasteiger partial charge in [-0.05, 0) is 49.4 Å². The number of rotatable bonds is 7. The fourth-order valence-electron chi connectivity index (χ4n) is 2.29. The maximum absolute atomic E-state index is 12.5. The van der Waals surface area contributed by atoms with Crippen LogP contribution in [0.25, 0.3) is 6.08 Å². The molecule has 1 aromatic carbocycles. The third-order valence-electron chi connectivity index (χ3n) is 3.38. The molecule has 0 N–H and O–H groups in total. The Labute approximate surface area is 160 Å². The Balaban J connectivity index is 2.36. The number of aliphatic carboxylic acids is 1. The van der Waals surface area contributed by atoms with Gasteiger partial charge in [-0.1, -0.05) is 11.6 Å². The molecule has 0 aliphatic carbocycles. The van der Waals surface area contributed by atoms with Crippen molar-refractivity contribution in [2.75, 3.05) is 26.8 Å². The number of amides is 1. The highest BCUT2D eigenvalue weighted by atomic mass is 35.5. The Hall–Kier alpha value is -2.19. The number of benzene rings is 1. The van der Waals surface area contributed by atoms with Crippen LogP contribution in [-0.2, 0) is 9.59 Å². The molecule has 1 aliphatic rings.